The zero-order valence-electron chi connectivity index (χ0n) is 16.7. The van der Waals surface area contributed by atoms with Crippen molar-refractivity contribution in [1.82, 2.24) is 5.32 Å². The molecular weight excluding hydrogens is 410 g/mol. The fourth-order valence-electron chi connectivity index (χ4n) is 3.71. The summed E-state index contributed by atoms with van der Waals surface area (Å²) < 4.78 is 56.4. The molecule has 158 valence electrons. The molecule has 2 aromatic carbocycles. The Kier molecular flexibility index (Phi) is 6.65. The van der Waals surface area contributed by atoms with Crippen LogP contribution in [0.15, 0.2) is 53.4 Å². The van der Waals surface area contributed by atoms with Crippen LogP contribution in [0.4, 0.5) is 0 Å². The van der Waals surface area contributed by atoms with E-state index in [0.717, 1.165) is 18.4 Å². The van der Waals surface area contributed by atoms with E-state index in [4.69, 9.17) is 4.74 Å². The van der Waals surface area contributed by atoms with Crippen molar-refractivity contribution in [2.75, 3.05) is 25.2 Å². The van der Waals surface area contributed by atoms with E-state index in [1.165, 1.54) is 12.7 Å². The molecule has 0 saturated carbocycles. The third-order valence-electron chi connectivity index (χ3n) is 5.22. The summed E-state index contributed by atoms with van der Waals surface area (Å²) in [6.07, 6.45) is 1.64. The van der Waals surface area contributed by atoms with Gasteiger partial charge in [-0.1, -0.05) is 36.4 Å². The highest BCUT2D eigenvalue weighted by molar-refractivity contribution is 7.96. The average Bonchev–Trinajstić information content (AvgIpc) is 3.01. The minimum absolute atomic E-state index is 0.0539. The van der Waals surface area contributed by atoms with Crippen LogP contribution in [-0.4, -0.2) is 53.3 Å². The largest absolute Gasteiger partial charge is 0.495 e. The van der Waals surface area contributed by atoms with E-state index >= 15 is 0 Å². The van der Waals surface area contributed by atoms with Gasteiger partial charge in [-0.05, 0) is 49.6 Å². The van der Waals surface area contributed by atoms with Gasteiger partial charge in [0.25, 0.3) is 0 Å². The van der Waals surface area contributed by atoms with E-state index in [-0.39, 0.29) is 22.2 Å². The molecule has 2 atom stereocenters. The van der Waals surface area contributed by atoms with Gasteiger partial charge in [0.15, 0.2) is 19.7 Å². The fourth-order valence-corrected chi connectivity index (χ4v) is 8.67. The predicted octanol–water partition coefficient (Wildman–Crippen LogP) is 2.17. The molecule has 0 unspecified atom stereocenters. The first-order chi connectivity index (χ1) is 13.7. The van der Waals surface area contributed by atoms with Gasteiger partial charge < -0.3 is 10.1 Å². The minimum atomic E-state index is -3.88. The van der Waals surface area contributed by atoms with Crippen LogP contribution in [0.25, 0.3) is 0 Å². The molecular formula is C21H27NO5S2. The molecule has 1 heterocycles. The summed E-state index contributed by atoms with van der Waals surface area (Å²) in [5.74, 6) is -0.304. The van der Waals surface area contributed by atoms with Crippen LogP contribution in [-0.2, 0) is 26.1 Å². The number of hydrogen-bond donors (Lipinski definition) is 1. The molecule has 2 aromatic rings. The summed E-state index contributed by atoms with van der Waals surface area (Å²) in [5.41, 5.74) is 1.97. The first-order valence-corrected chi connectivity index (χ1v) is 13.0. The van der Waals surface area contributed by atoms with E-state index in [9.17, 15) is 16.8 Å². The van der Waals surface area contributed by atoms with Gasteiger partial charge in [0.05, 0.1) is 23.9 Å². The number of ether oxygens (including phenoxy) is 1. The van der Waals surface area contributed by atoms with Crippen molar-refractivity contribution in [3.63, 3.8) is 0 Å². The van der Waals surface area contributed by atoms with E-state index in [1.54, 1.807) is 25.1 Å². The molecule has 1 fully saturated rings. The molecule has 3 rings (SSSR count). The van der Waals surface area contributed by atoms with Crippen molar-refractivity contribution in [2.24, 2.45) is 0 Å². The van der Waals surface area contributed by atoms with Gasteiger partial charge >= 0.3 is 0 Å². The van der Waals surface area contributed by atoms with Crippen molar-refractivity contribution in [2.45, 2.75) is 36.0 Å². The quantitative estimate of drug-likeness (QED) is 0.637. The number of hydrogen-bond acceptors (Lipinski definition) is 6. The Morgan fingerprint density at radius 3 is 2.52 bits per heavy atom. The highest BCUT2D eigenvalue weighted by atomic mass is 32.2. The van der Waals surface area contributed by atoms with Gasteiger partial charge in [0.1, 0.15) is 10.6 Å². The van der Waals surface area contributed by atoms with Crippen molar-refractivity contribution in [3.8, 4) is 5.75 Å². The standard InChI is InChI=1S/C21H27NO5S2/c1-16-10-11-19(27-2)20(13-16)29(25,26)21-15-28(23,24)14-18(21)22-12-6-9-17-7-4-3-5-8-17/h3-5,7-8,10-11,13,18,21-22H,6,9,12,14-15H2,1-2H3/t18-,21-/m0/s1. The molecule has 1 saturated heterocycles. The van der Waals surface area contributed by atoms with E-state index in [0.29, 0.717) is 6.54 Å². The van der Waals surface area contributed by atoms with Gasteiger partial charge in [0, 0.05) is 6.04 Å². The van der Waals surface area contributed by atoms with E-state index in [2.05, 4.69) is 5.32 Å². The lowest BCUT2D eigenvalue weighted by Crippen LogP contribution is -2.43. The summed E-state index contributed by atoms with van der Waals surface area (Å²) in [5, 5.41) is 2.16. The minimum Gasteiger partial charge on any atom is -0.495 e. The van der Waals surface area contributed by atoms with Crippen LogP contribution in [0.1, 0.15) is 17.5 Å². The second-order valence-corrected chi connectivity index (χ2v) is 11.8. The van der Waals surface area contributed by atoms with Gasteiger partial charge in [0.2, 0.25) is 0 Å². The first kappa shape index (κ1) is 21.8. The highest BCUT2D eigenvalue weighted by Gasteiger charge is 2.46. The van der Waals surface area contributed by atoms with Gasteiger partial charge in [-0.2, -0.15) is 0 Å². The molecule has 0 amide bonds. The number of rotatable bonds is 8. The average molecular weight is 438 g/mol. The summed E-state index contributed by atoms with van der Waals surface area (Å²) in [6.45, 7) is 2.34. The molecule has 1 aliphatic heterocycles. The van der Waals surface area contributed by atoms with Crippen LogP contribution < -0.4 is 10.1 Å². The monoisotopic (exact) mass is 437 g/mol. The smallest absolute Gasteiger partial charge is 0.187 e. The summed E-state index contributed by atoms with van der Waals surface area (Å²) >= 11 is 0. The van der Waals surface area contributed by atoms with Crippen LogP contribution >= 0.6 is 0 Å². The van der Waals surface area contributed by atoms with Crippen molar-refractivity contribution < 1.29 is 21.6 Å². The molecule has 0 radical (unpaired) electrons. The molecule has 1 aliphatic rings. The molecule has 29 heavy (non-hydrogen) atoms. The topological polar surface area (TPSA) is 89.5 Å². The summed E-state index contributed by atoms with van der Waals surface area (Å²) in [4.78, 5) is 0.0539. The normalized spacial score (nSPS) is 21.2. The zero-order valence-corrected chi connectivity index (χ0v) is 18.3. The highest BCUT2D eigenvalue weighted by Crippen LogP contribution is 2.32. The SMILES string of the molecule is COc1ccc(C)cc1S(=O)(=O)[C@H]1CS(=O)(=O)C[C@@H]1NCCCc1ccccc1. The predicted molar refractivity (Wildman–Crippen MR) is 114 cm³/mol. The Hall–Kier alpha value is -1.90. The molecule has 0 bridgehead atoms. The van der Waals surface area contributed by atoms with Crippen LogP contribution in [0.5, 0.6) is 5.75 Å². The maximum atomic E-state index is 13.3. The van der Waals surface area contributed by atoms with Crippen molar-refractivity contribution in [3.05, 3.63) is 59.7 Å². The molecule has 0 aliphatic carbocycles. The first-order valence-electron chi connectivity index (χ1n) is 9.59. The van der Waals surface area contributed by atoms with E-state index < -0.39 is 31.0 Å². The third kappa shape index (κ3) is 5.18. The van der Waals surface area contributed by atoms with Crippen molar-refractivity contribution in [1.29, 1.82) is 0 Å². The Morgan fingerprint density at radius 1 is 1.10 bits per heavy atom. The molecule has 6 nitrogen and oxygen atoms in total. The maximum Gasteiger partial charge on any atom is 0.187 e. The maximum absolute atomic E-state index is 13.3. The number of methoxy groups -OCH3 is 1. The molecule has 8 heteroatoms. The van der Waals surface area contributed by atoms with Crippen LogP contribution in [0.2, 0.25) is 0 Å². The zero-order chi connectivity index (χ0) is 21.1. The Bertz CT molecular complexity index is 1050. The summed E-state index contributed by atoms with van der Waals surface area (Å²) in [6, 6.07) is 14.3. The van der Waals surface area contributed by atoms with Crippen molar-refractivity contribution >= 4 is 19.7 Å². The Morgan fingerprint density at radius 2 is 1.83 bits per heavy atom. The second-order valence-electron chi connectivity index (χ2n) is 7.46. The molecule has 0 spiro atoms. The lowest BCUT2D eigenvalue weighted by atomic mass is 10.1. The van der Waals surface area contributed by atoms with Crippen LogP contribution in [0, 0.1) is 6.92 Å². The summed E-state index contributed by atoms with van der Waals surface area (Å²) in [7, 11) is -5.91. The Balaban J connectivity index is 1.76. The number of nitrogens with one attached hydrogen (secondary N) is 1. The Labute approximate surface area is 173 Å². The van der Waals surface area contributed by atoms with E-state index in [1.807, 2.05) is 30.3 Å². The second kappa shape index (κ2) is 8.85. The van der Waals surface area contributed by atoms with Gasteiger partial charge in [-0.15, -0.1) is 0 Å². The van der Waals surface area contributed by atoms with Gasteiger partial charge in [-0.25, -0.2) is 16.8 Å². The van der Waals surface area contributed by atoms with Gasteiger partial charge in [-0.3, -0.25) is 0 Å². The molecule has 1 N–H and O–H groups in total. The van der Waals surface area contributed by atoms with Crippen LogP contribution in [0.3, 0.4) is 0 Å². The number of benzene rings is 2. The third-order valence-corrected chi connectivity index (χ3v) is 9.39. The number of aryl methyl sites for hydroxylation is 2. The lowest BCUT2D eigenvalue weighted by molar-refractivity contribution is 0.402. The number of sulfone groups is 2. The molecule has 0 aromatic heterocycles. The lowest BCUT2D eigenvalue weighted by Gasteiger charge is -2.21. The fraction of sp³-hybridized carbons (Fsp3) is 0.429.